The fraction of sp³-hybridized carbons (Fsp3) is 0.643. The second kappa shape index (κ2) is 5.68. The van der Waals surface area contributed by atoms with Crippen LogP contribution < -0.4 is 0 Å². The molecule has 2 saturated heterocycles. The lowest BCUT2D eigenvalue weighted by Gasteiger charge is -2.45. The first kappa shape index (κ1) is 15.5. The number of hydrogen-bond acceptors (Lipinski definition) is 5. The lowest BCUT2D eigenvalue weighted by Crippen LogP contribution is -2.61. The molecule has 2 fully saturated rings. The number of carbonyl (C=O) groups excluding carboxylic acids is 1. The van der Waals surface area contributed by atoms with Crippen molar-refractivity contribution in [3.05, 3.63) is 23.7 Å². The number of morpholine rings is 1. The average Bonchev–Trinajstić information content (AvgIpc) is 2.91. The third-order valence-corrected chi connectivity index (χ3v) is 5.50. The number of rotatable bonds is 2. The number of ether oxygens (including phenoxy) is 1. The van der Waals surface area contributed by atoms with Crippen LogP contribution in [0.25, 0.3) is 0 Å². The number of furan rings is 1. The van der Waals surface area contributed by atoms with E-state index in [0.717, 1.165) is 0 Å². The van der Waals surface area contributed by atoms with Crippen LogP contribution in [-0.4, -0.2) is 68.2 Å². The van der Waals surface area contributed by atoms with Gasteiger partial charge in [0.2, 0.25) is 10.0 Å². The Morgan fingerprint density at radius 3 is 2.73 bits per heavy atom. The molecule has 0 radical (unpaired) electrons. The van der Waals surface area contributed by atoms with Crippen LogP contribution >= 0.6 is 0 Å². The zero-order chi connectivity index (χ0) is 15.9. The van der Waals surface area contributed by atoms with E-state index in [1.807, 2.05) is 0 Å². The number of amides is 1. The molecular formula is C14H20N2O5S. The molecule has 0 aliphatic carbocycles. The normalized spacial score (nSPS) is 26.7. The Bertz CT molecular complexity index is 669. The van der Waals surface area contributed by atoms with E-state index in [-0.39, 0.29) is 18.1 Å². The highest BCUT2D eigenvalue weighted by molar-refractivity contribution is 7.88. The third kappa shape index (κ3) is 2.90. The monoisotopic (exact) mass is 328 g/mol. The molecule has 1 amide bonds. The predicted molar refractivity (Wildman–Crippen MR) is 79.0 cm³/mol. The lowest BCUT2D eigenvalue weighted by atomic mass is 10.0. The Kier molecular flexibility index (Phi) is 4.00. The molecule has 0 saturated carbocycles. The fourth-order valence-corrected chi connectivity index (χ4v) is 4.24. The Balaban J connectivity index is 1.79. The molecule has 1 aromatic rings. The third-order valence-electron chi connectivity index (χ3n) is 4.20. The van der Waals surface area contributed by atoms with Gasteiger partial charge in [0.25, 0.3) is 5.91 Å². The van der Waals surface area contributed by atoms with Gasteiger partial charge >= 0.3 is 0 Å². The topological polar surface area (TPSA) is 80.1 Å². The molecule has 2 aliphatic rings. The van der Waals surface area contributed by atoms with Crippen molar-refractivity contribution in [3.8, 4) is 0 Å². The smallest absolute Gasteiger partial charge is 0.289 e. The molecular weight excluding hydrogens is 308 g/mol. The molecule has 3 heterocycles. The van der Waals surface area contributed by atoms with Crippen molar-refractivity contribution in [1.82, 2.24) is 9.21 Å². The van der Waals surface area contributed by atoms with Crippen LogP contribution in [0.1, 0.15) is 22.7 Å². The minimum absolute atomic E-state index is 0.147. The zero-order valence-corrected chi connectivity index (χ0v) is 13.5. The summed E-state index contributed by atoms with van der Waals surface area (Å²) in [6.07, 6.45) is 1.68. The number of likely N-dealkylation sites (tertiary alicyclic amines) is 1. The molecule has 0 aromatic carbocycles. The van der Waals surface area contributed by atoms with E-state index >= 15 is 0 Å². The van der Waals surface area contributed by atoms with Gasteiger partial charge in [0.1, 0.15) is 5.76 Å². The summed E-state index contributed by atoms with van der Waals surface area (Å²) in [5.74, 6) is 0.765. The quantitative estimate of drug-likeness (QED) is 0.788. The van der Waals surface area contributed by atoms with Crippen LogP contribution in [0.3, 0.4) is 0 Å². The molecule has 2 atom stereocenters. The summed E-state index contributed by atoms with van der Waals surface area (Å²) in [5, 5.41) is 0. The molecule has 122 valence electrons. The van der Waals surface area contributed by atoms with Gasteiger partial charge in [-0.2, -0.15) is 4.31 Å². The van der Waals surface area contributed by atoms with Crippen LogP contribution in [0.15, 0.2) is 16.5 Å². The molecule has 7 nitrogen and oxygen atoms in total. The van der Waals surface area contributed by atoms with Gasteiger partial charge in [-0.15, -0.1) is 0 Å². The Hall–Kier alpha value is -1.38. The van der Waals surface area contributed by atoms with Crippen molar-refractivity contribution in [1.29, 1.82) is 0 Å². The average molecular weight is 328 g/mol. The second-order valence-electron chi connectivity index (χ2n) is 5.80. The minimum Gasteiger partial charge on any atom is -0.456 e. The molecule has 1 aromatic heterocycles. The summed E-state index contributed by atoms with van der Waals surface area (Å²) in [6.45, 7) is 3.39. The van der Waals surface area contributed by atoms with Gasteiger partial charge in [-0.1, -0.05) is 0 Å². The van der Waals surface area contributed by atoms with E-state index in [2.05, 4.69) is 0 Å². The highest BCUT2D eigenvalue weighted by Gasteiger charge is 2.42. The maximum Gasteiger partial charge on any atom is 0.289 e. The van der Waals surface area contributed by atoms with Crippen molar-refractivity contribution in [2.24, 2.45) is 0 Å². The molecule has 0 bridgehead atoms. The van der Waals surface area contributed by atoms with Gasteiger partial charge in [0, 0.05) is 19.6 Å². The Morgan fingerprint density at radius 1 is 1.32 bits per heavy atom. The summed E-state index contributed by atoms with van der Waals surface area (Å²) < 4.78 is 36.4. The van der Waals surface area contributed by atoms with E-state index in [1.54, 1.807) is 24.0 Å². The molecule has 0 spiro atoms. The van der Waals surface area contributed by atoms with Gasteiger partial charge in [-0.05, 0) is 25.5 Å². The van der Waals surface area contributed by atoms with Gasteiger partial charge in [0.05, 0.1) is 25.0 Å². The largest absolute Gasteiger partial charge is 0.456 e. The second-order valence-corrected chi connectivity index (χ2v) is 7.74. The molecule has 2 aliphatic heterocycles. The van der Waals surface area contributed by atoms with Crippen LogP contribution in [0.2, 0.25) is 0 Å². The van der Waals surface area contributed by atoms with Gasteiger partial charge in [-0.3, -0.25) is 4.79 Å². The van der Waals surface area contributed by atoms with Crippen LogP contribution in [0, 0.1) is 6.92 Å². The van der Waals surface area contributed by atoms with E-state index < -0.39 is 10.0 Å². The van der Waals surface area contributed by atoms with Crippen LogP contribution in [-0.2, 0) is 14.8 Å². The minimum atomic E-state index is -3.31. The highest BCUT2D eigenvalue weighted by atomic mass is 32.2. The Labute approximate surface area is 129 Å². The van der Waals surface area contributed by atoms with E-state index in [0.29, 0.717) is 44.2 Å². The van der Waals surface area contributed by atoms with Crippen LogP contribution in [0.4, 0.5) is 0 Å². The highest BCUT2D eigenvalue weighted by Crippen LogP contribution is 2.26. The first-order chi connectivity index (χ1) is 10.4. The first-order valence-electron chi connectivity index (χ1n) is 7.30. The summed E-state index contributed by atoms with van der Waals surface area (Å²) in [5.41, 5.74) is 0. The van der Waals surface area contributed by atoms with Crippen molar-refractivity contribution >= 4 is 15.9 Å². The molecule has 0 N–H and O–H groups in total. The van der Waals surface area contributed by atoms with Gasteiger partial charge in [-0.25, -0.2) is 8.42 Å². The lowest BCUT2D eigenvalue weighted by molar-refractivity contribution is -0.0707. The maximum absolute atomic E-state index is 12.5. The zero-order valence-electron chi connectivity index (χ0n) is 12.7. The van der Waals surface area contributed by atoms with Gasteiger partial charge < -0.3 is 14.1 Å². The fourth-order valence-electron chi connectivity index (χ4n) is 3.14. The maximum atomic E-state index is 12.5. The molecule has 8 heteroatoms. The van der Waals surface area contributed by atoms with E-state index in [4.69, 9.17) is 9.15 Å². The standard InChI is InChI=1S/C14H20N2O5S/c1-10-3-4-13(21-10)14(17)15-6-5-12-11(9-15)16(7-8-20-12)22(2,18)19/h3-4,11-12H,5-9H2,1-2H3/t11-,12-/m0/s1. The first-order valence-corrected chi connectivity index (χ1v) is 9.15. The van der Waals surface area contributed by atoms with Crippen molar-refractivity contribution in [2.45, 2.75) is 25.5 Å². The van der Waals surface area contributed by atoms with Gasteiger partial charge in [0.15, 0.2) is 5.76 Å². The number of piperidine rings is 1. The summed E-state index contributed by atoms with van der Waals surface area (Å²) in [4.78, 5) is 14.1. The number of carbonyl (C=O) groups is 1. The van der Waals surface area contributed by atoms with Crippen LogP contribution in [0.5, 0.6) is 0 Å². The number of aryl methyl sites for hydroxylation is 1. The SMILES string of the molecule is Cc1ccc(C(=O)N2CC[C@@H]3OCCN(S(C)(=O)=O)[C@H]3C2)o1. The van der Waals surface area contributed by atoms with E-state index in [9.17, 15) is 13.2 Å². The van der Waals surface area contributed by atoms with Crippen molar-refractivity contribution in [3.63, 3.8) is 0 Å². The van der Waals surface area contributed by atoms with Crippen molar-refractivity contribution < 1.29 is 22.4 Å². The number of fused-ring (bicyclic) bond motifs is 1. The number of hydrogen-bond donors (Lipinski definition) is 0. The molecule has 3 rings (SSSR count). The molecule has 0 unspecified atom stereocenters. The van der Waals surface area contributed by atoms with E-state index in [1.165, 1.54) is 10.6 Å². The van der Waals surface area contributed by atoms with Crippen molar-refractivity contribution in [2.75, 3.05) is 32.5 Å². The summed E-state index contributed by atoms with van der Waals surface area (Å²) in [7, 11) is -3.31. The summed E-state index contributed by atoms with van der Waals surface area (Å²) >= 11 is 0. The Morgan fingerprint density at radius 2 is 2.09 bits per heavy atom. The number of nitrogens with zero attached hydrogens (tertiary/aromatic N) is 2. The summed E-state index contributed by atoms with van der Waals surface area (Å²) in [6, 6.07) is 3.07. The molecule has 22 heavy (non-hydrogen) atoms. The predicted octanol–water partition coefficient (Wildman–Crippen LogP) is 0.463. The number of sulfonamides is 1.